The Morgan fingerprint density at radius 1 is 1.23 bits per heavy atom. The molecule has 0 saturated heterocycles. The van der Waals surface area contributed by atoms with Crippen LogP contribution in [0.2, 0.25) is 5.02 Å². The number of carboxylic acid groups (broad SMARTS) is 1. The minimum Gasteiger partial charge on any atom is -0.480 e. The van der Waals surface area contributed by atoms with E-state index in [0.717, 1.165) is 31.2 Å². The molecule has 1 aliphatic rings. The number of hydrogen-bond donors (Lipinski definition) is 2. The van der Waals surface area contributed by atoms with Crippen molar-refractivity contribution in [2.45, 2.75) is 44.9 Å². The molecular weight excluding hydrogens is 683 g/mol. The van der Waals surface area contributed by atoms with E-state index in [9.17, 15) is 19.5 Å². The predicted octanol–water partition coefficient (Wildman–Crippen LogP) is 6.77. The van der Waals surface area contributed by atoms with E-state index in [1.165, 1.54) is 0 Å². The molecule has 5 rings (SSSR count). The fourth-order valence-corrected chi connectivity index (χ4v) is 7.22. The Labute approximate surface area is 267 Å². The SMILES string of the molecule is C=C(NC(Cc1cccc(C(CC)OC=O)c1)C(=O)O)c1c(Cl)cc2c(c1I)CCN(C(=O)c1ccc3ccoc3c1)C2. The van der Waals surface area contributed by atoms with Gasteiger partial charge in [-0.05, 0) is 82.0 Å². The summed E-state index contributed by atoms with van der Waals surface area (Å²) in [5, 5.41) is 14.5. The Kier molecular flexibility index (Phi) is 9.41. The maximum atomic E-state index is 13.3. The van der Waals surface area contributed by atoms with Crippen molar-refractivity contribution in [3.05, 3.63) is 109 Å². The lowest BCUT2D eigenvalue weighted by Gasteiger charge is -2.31. The molecule has 222 valence electrons. The van der Waals surface area contributed by atoms with Gasteiger partial charge in [0.05, 0.1) is 11.3 Å². The zero-order valence-corrected chi connectivity index (χ0v) is 26.4. The molecule has 3 aromatic carbocycles. The minimum absolute atomic E-state index is 0.0819. The van der Waals surface area contributed by atoms with Gasteiger partial charge in [-0.1, -0.05) is 55.4 Å². The number of carboxylic acids is 1. The minimum atomic E-state index is -1.03. The first-order chi connectivity index (χ1) is 20.7. The number of furan rings is 1. The Morgan fingerprint density at radius 2 is 2.05 bits per heavy atom. The van der Waals surface area contributed by atoms with Crippen LogP contribution in [-0.4, -0.2) is 40.9 Å². The highest BCUT2D eigenvalue weighted by atomic mass is 127. The highest BCUT2D eigenvalue weighted by Gasteiger charge is 2.28. The molecule has 1 aromatic heterocycles. The van der Waals surface area contributed by atoms with E-state index in [1.807, 2.05) is 49.4 Å². The molecular formula is C33H30ClIN2O6. The lowest BCUT2D eigenvalue weighted by atomic mass is 9.95. The van der Waals surface area contributed by atoms with Crippen molar-refractivity contribution in [1.29, 1.82) is 0 Å². The third-order valence-corrected chi connectivity index (χ3v) is 9.19. The van der Waals surface area contributed by atoms with Crippen molar-refractivity contribution in [3.8, 4) is 0 Å². The second kappa shape index (κ2) is 13.2. The van der Waals surface area contributed by atoms with Crippen LogP contribution in [0, 0.1) is 3.57 Å². The highest BCUT2D eigenvalue weighted by molar-refractivity contribution is 14.1. The Bertz CT molecular complexity index is 1720. The number of amides is 1. The van der Waals surface area contributed by atoms with Crippen molar-refractivity contribution in [3.63, 3.8) is 0 Å². The molecule has 0 saturated carbocycles. The third kappa shape index (κ3) is 6.57. The quantitative estimate of drug-likeness (QED) is 0.131. The second-order valence-corrected chi connectivity index (χ2v) is 11.9. The maximum Gasteiger partial charge on any atom is 0.326 e. The largest absolute Gasteiger partial charge is 0.480 e. The van der Waals surface area contributed by atoms with Gasteiger partial charge in [-0.15, -0.1) is 0 Å². The number of fused-ring (bicyclic) bond motifs is 2. The van der Waals surface area contributed by atoms with Crippen molar-refractivity contribution in [2.24, 2.45) is 0 Å². The molecule has 1 amide bonds. The van der Waals surface area contributed by atoms with Crippen LogP contribution in [0.1, 0.15) is 57.6 Å². The van der Waals surface area contributed by atoms with Crippen molar-refractivity contribution < 1.29 is 28.6 Å². The molecule has 0 bridgehead atoms. The Hall–Kier alpha value is -3.83. The van der Waals surface area contributed by atoms with Crippen LogP contribution in [0.5, 0.6) is 0 Å². The van der Waals surface area contributed by atoms with Gasteiger partial charge in [-0.2, -0.15) is 0 Å². The summed E-state index contributed by atoms with van der Waals surface area (Å²) in [6, 6.07) is 15.5. The molecule has 43 heavy (non-hydrogen) atoms. The molecule has 2 atom stereocenters. The number of rotatable bonds is 11. The van der Waals surface area contributed by atoms with Gasteiger partial charge in [-0.25, -0.2) is 4.79 Å². The lowest BCUT2D eigenvalue weighted by Crippen LogP contribution is -2.38. The van der Waals surface area contributed by atoms with Crippen LogP contribution in [0.15, 0.2) is 71.9 Å². The first-order valence-corrected chi connectivity index (χ1v) is 15.3. The molecule has 0 spiro atoms. The van der Waals surface area contributed by atoms with Gasteiger partial charge in [0.1, 0.15) is 17.7 Å². The number of nitrogens with one attached hydrogen (secondary N) is 1. The molecule has 0 fully saturated rings. The van der Waals surface area contributed by atoms with Gasteiger partial charge < -0.3 is 24.5 Å². The molecule has 0 aliphatic carbocycles. The first kappa shape index (κ1) is 30.6. The van der Waals surface area contributed by atoms with Crippen molar-refractivity contribution in [2.75, 3.05) is 6.54 Å². The van der Waals surface area contributed by atoms with E-state index >= 15 is 0 Å². The average molecular weight is 713 g/mol. The van der Waals surface area contributed by atoms with E-state index in [4.69, 9.17) is 20.8 Å². The normalized spacial score (nSPS) is 14.1. The number of nitrogens with zero attached hydrogens (tertiary/aromatic N) is 1. The molecule has 2 N–H and O–H groups in total. The molecule has 4 aromatic rings. The smallest absolute Gasteiger partial charge is 0.326 e. The van der Waals surface area contributed by atoms with Gasteiger partial charge >= 0.3 is 5.97 Å². The fourth-order valence-electron chi connectivity index (χ4n) is 5.49. The third-order valence-electron chi connectivity index (χ3n) is 7.70. The van der Waals surface area contributed by atoms with Crippen LogP contribution < -0.4 is 5.32 Å². The average Bonchev–Trinajstić information content (AvgIpc) is 3.47. The summed E-state index contributed by atoms with van der Waals surface area (Å²) in [6.07, 6.45) is 2.61. The highest BCUT2D eigenvalue weighted by Crippen LogP contribution is 2.36. The number of ether oxygens (including phenoxy) is 1. The first-order valence-electron chi connectivity index (χ1n) is 13.8. The van der Waals surface area contributed by atoms with Gasteiger partial charge in [0, 0.05) is 45.3 Å². The fraction of sp³-hybridized carbons (Fsp3) is 0.242. The number of carbonyl (C=O) groups excluding carboxylic acids is 2. The molecule has 0 radical (unpaired) electrons. The summed E-state index contributed by atoms with van der Waals surface area (Å²) < 4.78 is 11.5. The lowest BCUT2D eigenvalue weighted by molar-refractivity contribution is -0.139. The van der Waals surface area contributed by atoms with E-state index < -0.39 is 18.1 Å². The molecule has 2 unspecified atom stereocenters. The van der Waals surface area contributed by atoms with E-state index in [-0.39, 0.29) is 12.3 Å². The van der Waals surface area contributed by atoms with Crippen LogP contribution in [0.4, 0.5) is 0 Å². The van der Waals surface area contributed by atoms with Crippen LogP contribution in [-0.2, 0) is 33.7 Å². The summed E-state index contributed by atoms with van der Waals surface area (Å²) in [4.78, 5) is 38.3. The number of halogens is 2. The zero-order valence-electron chi connectivity index (χ0n) is 23.4. The van der Waals surface area contributed by atoms with E-state index in [1.54, 1.807) is 23.3 Å². The molecule has 1 aliphatic heterocycles. The maximum absolute atomic E-state index is 13.3. The molecule has 10 heteroatoms. The van der Waals surface area contributed by atoms with E-state index in [2.05, 4.69) is 34.5 Å². The second-order valence-electron chi connectivity index (χ2n) is 10.4. The van der Waals surface area contributed by atoms with Gasteiger partial charge in [0.25, 0.3) is 12.4 Å². The van der Waals surface area contributed by atoms with Crippen molar-refractivity contribution in [1.82, 2.24) is 10.2 Å². The van der Waals surface area contributed by atoms with Crippen LogP contribution in [0.3, 0.4) is 0 Å². The summed E-state index contributed by atoms with van der Waals surface area (Å²) in [7, 11) is 0. The number of benzene rings is 3. The number of hydrogen-bond acceptors (Lipinski definition) is 6. The molecule has 8 nitrogen and oxygen atoms in total. The van der Waals surface area contributed by atoms with Gasteiger partial charge in [-0.3, -0.25) is 9.59 Å². The number of carbonyl (C=O) groups is 3. The summed E-state index contributed by atoms with van der Waals surface area (Å²) in [5.74, 6) is -1.12. The Balaban J connectivity index is 1.32. The van der Waals surface area contributed by atoms with E-state index in [0.29, 0.717) is 59.8 Å². The summed E-state index contributed by atoms with van der Waals surface area (Å²) >= 11 is 9.00. The molecule has 2 heterocycles. The summed E-state index contributed by atoms with van der Waals surface area (Å²) in [6.45, 7) is 7.41. The zero-order chi connectivity index (χ0) is 30.7. The monoisotopic (exact) mass is 712 g/mol. The van der Waals surface area contributed by atoms with Gasteiger partial charge in [0.2, 0.25) is 0 Å². The standard InChI is InChI=1S/C33H30ClIN2O6/c1-3-28(43-18-38)22-6-4-5-20(13-22)14-27(33(40)41)36-19(2)30-26(34)15-24-17-37(11-9-25(24)31(30)35)32(39)23-8-7-21-10-12-42-29(21)16-23/h4-8,10,12-13,15-16,18,27-28,36H,2-3,9,11,14,17H2,1H3,(H,40,41). The summed E-state index contributed by atoms with van der Waals surface area (Å²) in [5.41, 5.74) is 5.87. The van der Waals surface area contributed by atoms with Crippen LogP contribution >= 0.6 is 34.2 Å². The number of aliphatic carboxylic acids is 1. The van der Waals surface area contributed by atoms with Crippen LogP contribution in [0.25, 0.3) is 16.7 Å². The van der Waals surface area contributed by atoms with Crippen molar-refractivity contribution >= 4 is 69.2 Å². The van der Waals surface area contributed by atoms with Gasteiger partial charge in [0.15, 0.2) is 0 Å². The Morgan fingerprint density at radius 3 is 2.79 bits per heavy atom. The topological polar surface area (TPSA) is 109 Å². The predicted molar refractivity (Wildman–Crippen MR) is 173 cm³/mol.